The predicted octanol–water partition coefficient (Wildman–Crippen LogP) is 6.73. The normalized spacial score (nSPS) is 16.6. The van der Waals surface area contributed by atoms with Crippen molar-refractivity contribution < 1.29 is 19.1 Å². The number of fused-ring (bicyclic) bond motifs is 1. The molecule has 206 valence electrons. The van der Waals surface area contributed by atoms with Gasteiger partial charge in [-0.05, 0) is 55.6 Å². The van der Waals surface area contributed by atoms with Crippen molar-refractivity contribution in [3.05, 3.63) is 47.2 Å². The van der Waals surface area contributed by atoms with E-state index in [1.165, 1.54) is 63.9 Å². The summed E-state index contributed by atoms with van der Waals surface area (Å²) in [6, 6.07) is 0. The minimum Gasteiger partial charge on any atom is -0.451 e. The Hall–Kier alpha value is -2.63. The van der Waals surface area contributed by atoms with Gasteiger partial charge in [0.1, 0.15) is 6.10 Å². The zero-order valence-electron chi connectivity index (χ0n) is 23.1. The highest BCUT2D eigenvalue weighted by Crippen LogP contribution is 2.22. The van der Waals surface area contributed by atoms with Crippen LogP contribution < -0.4 is 10.6 Å². The number of allylic oxidation sites excluding steroid dienone is 4. The van der Waals surface area contributed by atoms with E-state index in [0.717, 1.165) is 43.3 Å². The minimum atomic E-state index is -0.491. The first kappa shape index (κ1) is 30.6. The maximum atomic E-state index is 12.3. The van der Waals surface area contributed by atoms with Crippen molar-refractivity contribution in [2.45, 2.75) is 123 Å². The highest BCUT2D eigenvalue weighted by atomic mass is 16.5. The number of nitrogens with one attached hydrogen (secondary N) is 2. The second-order valence-electron chi connectivity index (χ2n) is 10.3. The fourth-order valence-electron chi connectivity index (χ4n) is 4.61. The lowest BCUT2D eigenvalue weighted by molar-refractivity contribution is -0.139. The number of amides is 2. The van der Waals surface area contributed by atoms with Crippen LogP contribution >= 0.6 is 0 Å². The van der Waals surface area contributed by atoms with Crippen molar-refractivity contribution in [3.8, 4) is 0 Å². The van der Waals surface area contributed by atoms with E-state index in [1.54, 1.807) is 6.08 Å². The van der Waals surface area contributed by atoms with Crippen LogP contribution in [0.25, 0.3) is 0 Å². The average molecular weight is 513 g/mol. The van der Waals surface area contributed by atoms with Gasteiger partial charge in [0.15, 0.2) is 0 Å². The van der Waals surface area contributed by atoms with E-state index in [2.05, 4.69) is 17.6 Å². The van der Waals surface area contributed by atoms with Crippen molar-refractivity contribution in [1.29, 1.82) is 0 Å². The van der Waals surface area contributed by atoms with E-state index in [0.29, 0.717) is 25.1 Å². The molecule has 0 saturated carbocycles. The lowest BCUT2D eigenvalue weighted by Gasteiger charge is -2.10. The van der Waals surface area contributed by atoms with Crippen molar-refractivity contribution in [1.82, 2.24) is 10.6 Å². The van der Waals surface area contributed by atoms with Gasteiger partial charge in [0, 0.05) is 31.2 Å². The third-order valence-corrected chi connectivity index (χ3v) is 6.87. The summed E-state index contributed by atoms with van der Waals surface area (Å²) in [5, 5.41) is 5.91. The minimum absolute atomic E-state index is 0.0609. The van der Waals surface area contributed by atoms with Crippen molar-refractivity contribution >= 4 is 17.8 Å². The van der Waals surface area contributed by atoms with Gasteiger partial charge in [-0.15, -0.1) is 0 Å². The summed E-state index contributed by atoms with van der Waals surface area (Å²) in [5.41, 5.74) is 2.40. The van der Waals surface area contributed by atoms with Crippen LogP contribution in [0, 0.1) is 0 Å². The monoisotopic (exact) mass is 512 g/mol. The van der Waals surface area contributed by atoms with Crippen LogP contribution in [0.4, 0.5) is 0 Å². The Kier molecular flexibility index (Phi) is 15.4. The number of unbranched alkanes of at least 4 members (excludes halogenated alkanes) is 12. The zero-order valence-corrected chi connectivity index (χ0v) is 23.1. The molecule has 0 saturated heterocycles. The quantitative estimate of drug-likeness (QED) is 0.148. The molecular formula is C31H48N2O4. The molecule has 0 aromatic carbocycles. The summed E-state index contributed by atoms with van der Waals surface area (Å²) in [6.07, 6.45) is 26.0. The predicted molar refractivity (Wildman–Crippen MR) is 150 cm³/mol. The number of ether oxygens (including phenoxy) is 1. The molecule has 1 aliphatic carbocycles. The number of rotatable bonds is 19. The summed E-state index contributed by atoms with van der Waals surface area (Å²) >= 11 is 0. The molecule has 1 heterocycles. The van der Waals surface area contributed by atoms with Crippen molar-refractivity contribution in [2.75, 3.05) is 6.54 Å². The van der Waals surface area contributed by atoms with Crippen molar-refractivity contribution in [2.24, 2.45) is 0 Å². The molecule has 2 N–H and O–H groups in total. The van der Waals surface area contributed by atoms with Gasteiger partial charge in [0.25, 0.3) is 0 Å². The van der Waals surface area contributed by atoms with E-state index in [9.17, 15) is 14.4 Å². The van der Waals surface area contributed by atoms with Crippen LogP contribution in [0.3, 0.4) is 0 Å². The smallest absolute Gasteiger partial charge is 0.331 e. The van der Waals surface area contributed by atoms with E-state index >= 15 is 0 Å². The molecule has 37 heavy (non-hydrogen) atoms. The highest BCUT2D eigenvalue weighted by Gasteiger charge is 2.18. The molecule has 2 amide bonds. The van der Waals surface area contributed by atoms with Gasteiger partial charge in [-0.25, -0.2) is 4.79 Å². The molecule has 6 nitrogen and oxygen atoms in total. The number of carbonyl (C=O) groups excluding carboxylic acids is 3. The van der Waals surface area contributed by atoms with Crippen LogP contribution in [0.2, 0.25) is 0 Å². The van der Waals surface area contributed by atoms with Gasteiger partial charge in [0.2, 0.25) is 11.8 Å². The summed E-state index contributed by atoms with van der Waals surface area (Å²) in [5.74, 6) is -0.298. The molecule has 1 unspecified atom stereocenters. The van der Waals surface area contributed by atoms with Gasteiger partial charge in [-0.3, -0.25) is 9.59 Å². The Morgan fingerprint density at radius 2 is 1.38 bits per heavy atom. The summed E-state index contributed by atoms with van der Waals surface area (Å²) in [6.45, 7) is 4.79. The first-order valence-electron chi connectivity index (χ1n) is 14.6. The average Bonchev–Trinajstić information content (AvgIpc) is 3.14. The molecule has 1 atom stereocenters. The Balaban J connectivity index is 1.44. The Bertz CT molecular complexity index is 853. The molecule has 0 aromatic rings. The molecule has 2 rings (SSSR count). The second kappa shape index (κ2) is 18.6. The first-order chi connectivity index (χ1) is 18.0. The third-order valence-electron chi connectivity index (χ3n) is 6.87. The first-order valence-corrected chi connectivity index (χ1v) is 14.6. The molecule has 0 aromatic heterocycles. The SMILES string of the molecule is CCCCCCCCCCCCCC(=O)NCCCCCC(=O)NC1=CC2C=C(C=C1)C(C)=CC(=O)O2. The molecule has 0 radical (unpaired) electrons. The van der Waals surface area contributed by atoms with Gasteiger partial charge in [-0.1, -0.05) is 83.6 Å². The molecule has 6 heteroatoms. The largest absolute Gasteiger partial charge is 0.451 e. The summed E-state index contributed by atoms with van der Waals surface area (Å²) < 4.78 is 5.36. The maximum absolute atomic E-state index is 12.3. The summed E-state index contributed by atoms with van der Waals surface area (Å²) in [4.78, 5) is 36.1. The maximum Gasteiger partial charge on any atom is 0.331 e. The Morgan fingerprint density at radius 1 is 0.784 bits per heavy atom. The summed E-state index contributed by atoms with van der Waals surface area (Å²) in [7, 11) is 0. The zero-order chi connectivity index (χ0) is 26.7. The van der Waals surface area contributed by atoms with Gasteiger partial charge < -0.3 is 15.4 Å². The van der Waals surface area contributed by atoms with Crippen LogP contribution in [-0.2, 0) is 19.1 Å². The van der Waals surface area contributed by atoms with Gasteiger partial charge in [0.05, 0.1) is 0 Å². The molecular weight excluding hydrogens is 464 g/mol. The fraction of sp³-hybridized carbons (Fsp3) is 0.645. The number of esters is 1. The molecule has 2 bridgehead atoms. The van der Waals surface area contributed by atoms with E-state index in [4.69, 9.17) is 4.74 Å². The number of hydrogen-bond acceptors (Lipinski definition) is 4. The molecule has 0 fully saturated rings. The van der Waals surface area contributed by atoms with E-state index in [-0.39, 0.29) is 17.8 Å². The molecule has 0 spiro atoms. The van der Waals surface area contributed by atoms with Gasteiger partial charge in [-0.2, -0.15) is 0 Å². The van der Waals surface area contributed by atoms with Crippen LogP contribution in [0.15, 0.2) is 47.2 Å². The lowest BCUT2D eigenvalue weighted by atomic mass is 10.1. The van der Waals surface area contributed by atoms with E-state index < -0.39 is 6.10 Å². The lowest BCUT2D eigenvalue weighted by Crippen LogP contribution is -2.24. The van der Waals surface area contributed by atoms with Gasteiger partial charge >= 0.3 is 5.97 Å². The standard InChI is InChI=1S/C31H48N2O4/c1-3-4-5-6-7-8-9-10-11-12-14-17-29(34)32-21-16-13-15-18-30(35)33-27-20-19-26-23-28(24-27)37-31(36)22-25(26)2/h19-20,22-24,28H,3-18,21H2,1-2H3,(H,32,34)(H,33,35). The van der Waals surface area contributed by atoms with Crippen LogP contribution in [0.5, 0.6) is 0 Å². The molecule has 1 aliphatic heterocycles. The number of carbonyl (C=O) groups is 3. The Labute approximate surface area is 224 Å². The fourth-order valence-corrected chi connectivity index (χ4v) is 4.61. The third kappa shape index (κ3) is 14.0. The Morgan fingerprint density at radius 3 is 2.05 bits per heavy atom. The van der Waals surface area contributed by atoms with Crippen LogP contribution in [0.1, 0.15) is 117 Å². The topological polar surface area (TPSA) is 84.5 Å². The highest BCUT2D eigenvalue weighted by molar-refractivity contribution is 5.85. The van der Waals surface area contributed by atoms with Crippen LogP contribution in [-0.4, -0.2) is 30.4 Å². The number of hydrogen-bond donors (Lipinski definition) is 2. The van der Waals surface area contributed by atoms with E-state index in [1.807, 2.05) is 25.2 Å². The second-order valence-corrected chi connectivity index (χ2v) is 10.3. The molecule has 2 aliphatic rings. The van der Waals surface area contributed by atoms with Crippen molar-refractivity contribution in [3.63, 3.8) is 0 Å².